The van der Waals surface area contributed by atoms with Gasteiger partial charge in [-0.3, -0.25) is 77.2 Å². The Balaban J connectivity index is 1.92. The van der Waals surface area contributed by atoms with Crippen molar-refractivity contribution in [2.75, 3.05) is 26.2 Å². The van der Waals surface area contributed by atoms with Crippen molar-refractivity contribution in [1.82, 2.24) is 74.0 Å². The first kappa shape index (κ1) is 96.6. The Labute approximate surface area is 657 Å². The first-order valence-electron chi connectivity index (χ1n) is 38.1. The molecule has 2 aromatic carbocycles. The molecule has 38 heteroatoms. The summed E-state index contributed by atoms with van der Waals surface area (Å²) in [5.41, 5.74) is 18.1. The maximum absolute atomic E-state index is 14.9. The first-order chi connectivity index (χ1) is 53.0. The van der Waals surface area contributed by atoms with Crippen LogP contribution in [0.3, 0.4) is 0 Å². The molecule has 0 aliphatic carbocycles. The fraction of sp³-hybridized carbons (Fsp3) is 0.627. The molecule has 1 heterocycles. The molecule has 0 spiro atoms. The van der Waals surface area contributed by atoms with E-state index in [0.717, 1.165) is 0 Å². The monoisotopic (exact) mass is 1590 g/mol. The van der Waals surface area contributed by atoms with Crippen LogP contribution in [0.25, 0.3) is 0 Å². The molecule has 24 N–H and O–H groups in total. The van der Waals surface area contributed by atoms with E-state index < -0.39 is 218 Å². The van der Waals surface area contributed by atoms with Crippen LogP contribution in [0.15, 0.2) is 48.5 Å². The second kappa shape index (κ2) is 48.3. The lowest BCUT2D eigenvalue weighted by atomic mass is 9.96. The number of carboxylic acid groups (broad SMARTS) is 3. The number of phenolic OH excluding ortho intramolecular Hbond substituents is 2. The molecule has 2 aromatic rings. The number of nitrogens with two attached hydrogens (primary N) is 3. The average Bonchev–Trinajstić information content (AvgIpc) is 1.75. The fourth-order valence-corrected chi connectivity index (χ4v) is 12.1. The number of carbonyl (C=O) groups excluding carboxylic acids is 13. The Kier molecular flexibility index (Phi) is 41.3. The van der Waals surface area contributed by atoms with Crippen LogP contribution in [0, 0.1) is 29.6 Å². The van der Waals surface area contributed by atoms with Crippen LogP contribution in [0.5, 0.6) is 11.5 Å². The summed E-state index contributed by atoms with van der Waals surface area (Å²) in [6.45, 7) is 17.2. The highest BCUT2D eigenvalue weighted by Gasteiger charge is 2.42. The summed E-state index contributed by atoms with van der Waals surface area (Å²) in [5.74, 6) is -17.5. The first-order valence-corrected chi connectivity index (χ1v) is 38.1. The number of amides is 13. The predicted octanol–water partition coefficient (Wildman–Crippen LogP) is -2.47. The Morgan fingerprint density at radius 1 is 0.460 bits per heavy atom. The number of carbonyl (C=O) groups is 16. The number of aliphatic carboxylic acids is 3. The normalized spacial score (nSPS) is 16.1. The third-order valence-corrected chi connectivity index (χ3v) is 18.8. The van der Waals surface area contributed by atoms with E-state index in [4.69, 9.17) is 17.2 Å². The third kappa shape index (κ3) is 34.9. The van der Waals surface area contributed by atoms with Gasteiger partial charge in [0.25, 0.3) is 0 Å². The van der Waals surface area contributed by atoms with E-state index >= 15 is 0 Å². The summed E-state index contributed by atoms with van der Waals surface area (Å²) < 4.78 is 0. The van der Waals surface area contributed by atoms with Crippen LogP contribution in [0.2, 0.25) is 0 Å². The molecule has 0 radical (unpaired) electrons. The molecule has 14 atom stereocenters. The molecule has 1 aliphatic heterocycles. The quantitative estimate of drug-likeness (QED) is 0.0241. The number of phenols is 2. The van der Waals surface area contributed by atoms with Gasteiger partial charge in [-0.15, -0.1) is 0 Å². The Hall–Kier alpha value is -10.6. The van der Waals surface area contributed by atoms with Crippen molar-refractivity contribution in [3.63, 3.8) is 0 Å². The van der Waals surface area contributed by atoms with Crippen molar-refractivity contribution in [2.45, 2.75) is 245 Å². The van der Waals surface area contributed by atoms with Gasteiger partial charge in [0.1, 0.15) is 84.2 Å². The molecular weight excluding hydrogens is 1470 g/mol. The van der Waals surface area contributed by atoms with Gasteiger partial charge in [0, 0.05) is 25.8 Å². The zero-order valence-corrected chi connectivity index (χ0v) is 66.2. The number of benzene rings is 2. The lowest BCUT2D eigenvalue weighted by molar-refractivity contribution is -0.144. The van der Waals surface area contributed by atoms with Gasteiger partial charge in [0.05, 0.1) is 25.6 Å². The highest BCUT2D eigenvalue weighted by Crippen LogP contribution is 2.23. The van der Waals surface area contributed by atoms with Gasteiger partial charge in [-0.05, 0) is 130 Å². The predicted molar refractivity (Wildman–Crippen MR) is 411 cm³/mol. The van der Waals surface area contributed by atoms with Crippen molar-refractivity contribution >= 4 is 94.7 Å². The molecule has 0 saturated carbocycles. The van der Waals surface area contributed by atoms with Crippen LogP contribution < -0.4 is 86.3 Å². The zero-order valence-electron chi connectivity index (χ0n) is 66.2. The standard InChI is InChI=1S/C75H119N17O21/c1-12-41(9)61(90-63(101)43(11)82-71(109)56-17-15-29-92(56)73(111)62(42(10)13-2)91-64(102)48(76)35-60(99)100)72(110)88-54(34-45-20-24-47(94)25-21-45)70(108)85-49(16-14-28-79-75(77)78)67(105)87-53(33-44-18-22-46(93)23-19-44)66(104)81-37-58(96)83-51(30-38(3)4)68(106)86-50(26-27-59(97)98)65(103)80-36-57(95)84-52(31-39(5)6)69(107)89-55(74(112)113)32-40(7)8/h18-25,38-43,48-56,61-62,75,79,93-94H,12-17,26-37,76-78H2,1-11H3,(H,80,103)(H,81,104)(H,82,109)(H,83,96)(H,84,95)(H,85,108)(H,86,106)(H,87,105)(H,88,110)(H,89,107)(H,90,101)(H,91,102)(H,97,98)(H,99,100)(H,112,113)/t41-,42-,43-,48-,49-,50-,51-,52-,53-,54-,55-,56-,61-,62-/m0/s1. The Morgan fingerprint density at radius 3 is 1.34 bits per heavy atom. The number of nitrogens with zero attached hydrogens (tertiary/aromatic N) is 1. The molecule has 113 heavy (non-hydrogen) atoms. The van der Waals surface area contributed by atoms with E-state index in [1.54, 1.807) is 69.2 Å². The van der Waals surface area contributed by atoms with E-state index in [0.29, 0.717) is 24.0 Å². The topological polar surface area (TPSA) is 612 Å². The average molecular weight is 1590 g/mol. The van der Waals surface area contributed by atoms with Crippen LogP contribution in [0.4, 0.5) is 0 Å². The number of rotatable bonds is 50. The van der Waals surface area contributed by atoms with Crippen molar-refractivity contribution in [3.8, 4) is 11.5 Å². The van der Waals surface area contributed by atoms with Crippen LogP contribution in [0.1, 0.15) is 164 Å². The van der Waals surface area contributed by atoms with E-state index in [2.05, 4.69) is 69.1 Å². The van der Waals surface area contributed by atoms with Gasteiger partial charge in [0.2, 0.25) is 76.8 Å². The molecule has 3 rings (SSSR count). The molecule has 0 aromatic heterocycles. The van der Waals surface area contributed by atoms with E-state index in [1.807, 2.05) is 0 Å². The SMILES string of the molecule is CC[C@H](C)[C@H](NC(=O)[C@H](C)NC(=O)[C@@H]1CCCN1C(=O)[C@@H](NC(=O)[C@@H](N)CC(=O)O)[C@@H](C)CC)C(=O)N[C@@H](Cc1ccc(O)cc1)C(=O)N[C@@H](CCCNC(N)N)C(=O)N[C@@H](Cc1ccc(O)cc1)C(=O)NCC(=O)N[C@@H](CC(C)C)C(=O)N[C@@H](CCC(=O)O)C(=O)NCC(=O)N[C@@H](CC(C)C)C(=O)N[C@@H](CC(C)C)C(=O)O. The second-order valence-corrected chi connectivity index (χ2v) is 29.9. The molecule has 0 bridgehead atoms. The van der Waals surface area contributed by atoms with Gasteiger partial charge < -0.3 is 111 Å². The number of hydrogen-bond donors (Lipinski definition) is 21. The molecule has 1 fully saturated rings. The zero-order chi connectivity index (χ0) is 85.1. The lowest BCUT2D eigenvalue weighted by Gasteiger charge is -2.32. The van der Waals surface area contributed by atoms with E-state index in [1.165, 1.54) is 60.4 Å². The van der Waals surface area contributed by atoms with Gasteiger partial charge in [-0.1, -0.05) is 106 Å². The minimum absolute atomic E-state index is 0.0775. The van der Waals surface area contributed by atoms with Crippen molar-refractivity contribution < 1.29 is 102 Å². The maximum Gasteiger partial charge on any atom is 0.326 e. The largest absolute Gasteiger partial charge is 0.508 e. The van der Waals surface area contributed by atoms with Gasteiger partial charge in [-0.2, -0.15) is 0 Å². The number of carboxylic acids is 3. The molecule has 630 valence electrons. The van der Waals surface area contributed by atoms with Crippen LogP contribution in [-0.2, 0) is 89.6 Å². The summed E-state index contributed by atoms with van der Waals surface area (Å²) in [7, 11) is 0. The highest BCUT2D eigenvalue weighted by atomic mass is 16.4. The molecule has 1 saturated heterocycles. The van der Waals surface area contributed by atoms with E-state index in [9.17, 15) is 102 Å². The number of hydrogen-bond acceptors (Lipinski definition) is 22. The molecular formula is C75H119N17O21. The minimum Gasteiger partial charge on any atom is -0.508 e. The number of nitrogens with one attached hydrogen (secondary N) is 13. The summed E-state index contributed by atoms with van der Waals surface area (Å²) in [6.07, 6.45) is -2.22. The summed E-state index contributed by atoms with van der Waals surface area (Å²) in [4.78, 5) is 219. The molecule has 13 amide bonds. The number of aromatic hydroxyl groups is 2. The van der Waals surface area contributed by atoms with Gasteiger partial charge >= 0.3 is 17.9 Å². The van der Waals surface area contributed by atoms with E-state index in [-0.39, 0.29) is 100 Å². The fourth-order valence-electron chi connectivity index (χ4n) is 12.1. The summed E-state index contributed by atoms with van der Waals surface area (Å²) in [5, 5.41) is 82.2. The molecule has 0 unspecified atom stereocenters. The van der Waals surface area contributed by atoms with Crippen molar-refractivity contribution in [1.29, 1.82) is 0 Å². The Bertz CT molecular complexity index is 3570. The summed E-state index contributed by atoms with van der Waals surface area (Å²) in [6, 6.07) is -5.58. The van der Waals surface area contributed by atoms with Crippen molar-refractivity contribution in [3.05, 3.63) is 59.7 Å². The highest BCUT2D eigenvalue weighted by molar-refractivity contribution is 6.00. The minimum atomic E-state index is -1.61. The van der Waals surface area contributed by atoms with Gasteiger partial charge in [-0.25, -0.2) is 4.79 Å². The third-order valence-electron chi connectivity index (χ3n) is 18.8. The summed E-state index contributed by atoms with van der Waals surface area (Å²) >= 11 is 0. The number of likely N-dealkylation sites (tertiary alicyclic amines) is 1. The van der Waals surface area contributed by atoms with Gasteiger partial charge in [0.15, 0.2) is 0 Å². The molecule has 1 aliphatic rings. The van der Waals surface area contributed by atoms with Crippen LogP contribution in [-0.4, -0.2) is 230 Å². The smallest absolute Gasteiger partial charge is 0.326 e. The van der Waals surface area contributed by atoms with Crippen molar-refractivity contribution in [2.24, 2.45) is 46.8 Å². The lowest BCUT2D eigenvalue weighted by Crippen LogP contribution is -2.61. The molecule has 38 nitrogen and oxygen atoms in total. The van der Waals surface area contributed by atoms with Crippen LogP contribution >= 0.6 is 0 Å². The second-order valence-electron chi connectivity index (χ2n) is 29.9. The maximum atomic E-state index is 14.9. The Morgan fingerprint density at radius 2 is 0.876 bits per heavy atom.